The Bertz CT molecular complexity index is 728. The second kappa shape index (κ2) is 7.06. The van der Waals surface area contributed by atoms with Gasteiger partial charge < -0.3 is 19.4 Å². The van der Waals surface area contributed by atoms with Gasteiger partial charge in [0.15, 0.2) is 0 Å². The quantitative estimate of drug-likeness (QED) is 0.811. The summed E-state index contributed by atoms with van der Waals surface area (Å²) in [7, 11) is -1.14. The Morgan fingerprint density at radius 1 is 1.19 bits per heavy atom. The first-order chi connectivity index (χ1) is 12.1. The Kier molecular flexibility index (Phi) is 5.65. The minimum Gasteiger partial charge on any atom is -0.444 e. The van der Waals surface area contributed by atoms with Crippen molar-refractivity contribution >= 4 is 18.7 Å². The van der Waals surface area contributed by atoms with Gasteiger partial charge in [-0.25, -0.2) is 13.6 Å². The molecule has 5 nitrogen and oxygen atoms in total. The summed E-state index contributed by atoms with van der Waals surface area (Å²) in [5.74, 6) is -1.52. The highest BCUT2D eigenvalue weighted by Gasteiger charge is 2.53. The maximum atomic E-state index is 14.9. The van der Waals surface area contributed by atoms with Crippen LogP contribution in [0.3, 0.4) is 0 Å². The number of hydrogen-bond acceptors (Lipinski definition) is 4. The topological polar surface area (TPSA) is 56.8 Å². The molecule has 150 valence electrons. The van der Waals surface area contributed by atoms with Crippen LogP contribution in [0.1, 0.15) is 59.6 Å². The van der Waals surface area contributed by atoms with Crippen molar-refractivity contribution in [1.82, 2.24) is 5.32 Å². The van der Waals surface area contributed by atoms with Gasteiger partial charge in [-0.1, -0.05) is 0 Å². The molecule has 1 amide bonds. The minimum absolute atomic E-state index is 0.0573. The maximum absolute atomic E-state index is 14.9. The van der Waals surface area contributed by atoms with Crippen molar-refractivity contribution in [2.75, 3.05) is 0 Å². The maximum Gasteiger partial charge on any atom is 0.500 e. The Balaban J connectivity index is 2.23. The largest absolute Gasteiger partial charge is 0.500 e. The Hall–Kier alpha value is -1.67. The molecule has 1 N–H and O–H groups in total. The molecule has 1 aromatic rings. The number of amides is 1. The lowest BCUT2D eigenvalue weighted by Crippen LogP contribution is -2.41. The number of benzene rings is 1. The monoisotopic (exact) mass is 383 g/mol. The van der Waals surface area contributed by atoms with Crippen LogP contribution in [0.25, 0.3) is 0 Å². The fourth-order valence-corrected chi connectivity index (χ4v) is 2.63. The van der Waals surface area contributed by atoms with E-state index in [0.717, 1.165) is 0 Å². The third-order valence-corrected chi connectivity index (χ3v) is 4.92. The van der Waals surface area contributed by atoms with E-state index in [9.17, 15) is 13.6 Å². The van der Waals surface area contributed by atoms with Gasteiger partial charge in [0.2, 0.25) is 0 Å². The van der Waals surface area contributed by atoms with Crippen molar-refractivity contribution in [1.29, 1.82) is 0 Å². The van der Waals surface area contributed by atoms with E-state index in [0.29, 0.717) is 5.56 Å². The molecule has 0 atom stereocenters. The standard InChI is InChI=1S/C19H28BF2NO4/c1-11-12(10-23-16(24)25-17(2,3)4)9-13(21)14(15(11)22)20-26-18(5,6)19(7,8)27-20/h9H,10H2,1-8H3,(H,23,24). The highest BCUT2D eigenvalue weighted by Crippen LogP contribution is 2.37. The van der Waals surface area contributed by atoms with E-state index >= 15 is 0 Å². The number of carbonyl (C=O) groups is 1. The zero-order chi connectivity index (χ0) is 20.8. The second-order valence-corrected chi connectivity index (χ2v) is 8.81. The van der Waals surface area contributed by atoms with Gasteiger partial charge in [0.25, 0.3) is 0 Å². The highest BCUT2D eigenvalue weighted by atomic mass is 19.1. The van der Waals surface area contributed by atoms with E-state index < -0.39 is 41.6 Å². The lowest BCUT2D eigenvalue weighted by Gasteiger charge is -2.32. The molecule has 2 rings (SSSR count). The van der Waals surface area contributed by atoms with Gasteiger partial charge in [0.1, 0.15) is 17.2 Å². The average molecular weight is 383 g/mol. The van der Waals surface area contributed by atoms with Crippen LogP contribution in [0.5, 0.6) is 0 Å². The fraction of sp³-hybridized carbons (Fsp3) is 0.632. The molecular formula is C19H28BF2NO4. The van der Waals surface area contributed by atoms with Crippen LogP contribution in [-0.4, -0.2) is 30.0 Å². The third-order valence-electron chi connectivity index (χ3n) is 4.92. The first-order valence-corrected chi connectivity index (χ1v) is 8.94. The van der Waals surface area contributed by atoms with E-state index in [-0.39, 0.29) is 17.6 Å². The first-order valence-electron chi connectivity index (χ1n) is 8.94. The van der Waals surface area contributed by atoms with Gasteiger partial charge in [-0.15, -0.1) is 0 Å². The molecule has 1 aliphatic heterocycles. The van der Waals surface area contributed by atoms with Crippen LogP contribution in [0.4, 0.5) is 13.6 Å². The molecule has 0 aliphatic carbocycles. The summed E-state index contributed by atoms with van der Waals surface area (Å²) in [5, 5.41) is 2.51. The van der Waals surface area contributed by atoms with E-state index in [1.807, 2.05) is 27.7 Å². The van der Waals surface area contributed by atoms with E-state index in [2.05, 4.69) is 5.32 Å². The molecule has 1 saturated heterocycles. The summed E-state index contributed by atoms with van der Waals surface area (Å²) in [6, 6.07) is 1.19. The average Bonchev–Trinajstić information content (AvgIpc) is 2.67. The molecule has 1 aliphatic rings. The fourth-order valence-electron chi connectivity index (χ4n) is 2.63. The summed E-state index contributed by atoms with van der Waals surface area (Å²) in [6.45, 7) is 13.9. The zero-order valence-electron chi connectivity index (χ0n) is 17.3. The number of rotatable bonds is 3. The molecule has 1 heterocycles. The number of hydrogen-bond donors (Lipinski definition) is 1. The van der Waals surface area contributed by atoms with Gasteiger partial charge in [0.05, 0.1) is 16.7 Å². The van der Waals surface area contributed by atoms with Gasteiger partial charge in [-0.2, -0.15) is 0 Å². The van der Waals surface area contributed by atoms with Gasteiger partial charge >= 0.3 is 13.2 Å². The van der Waals surface area contributed by atoms with Crippen LogP contribution >= 0.6 is 0 Å². The summed E-state index contributed by atoms with van der Waals surface area (Å²) in [5.41, 5.74) is -1.79. The van der Waals surface area contributed by atoms with E-state index in [4.69, 9.17) is 14.0 Å². The number of halogens is 2. The molecular weight excluding hydrogens is 355 g/mol. The predicted octanol–water partition coefficient (Wildman–Crippen LogP) is 3.60. The van der Waals surface area contributed by atoms with Crippen LogP contribution in [-0.2, 0) is 20.6 Å². The SMILES string of the molecule is Cc1c(CNC(=O)OC(C)(C)C)cc(F)c(B2OC(C)(C)C(C)(C)O2)c1F. The Morgan fingerprint density at radius 2 is 1.70 bits per heavy atom. The smallest absolute Gasteiger partial charge is 0.444 e. The zero-order valence-corrected chi connectivity index (χ0v) is 17.3. The molecule has 1 aromatic carbocycles. The van der Waals surface area contributed by atoms with E-state index in [1.54, 1.807) is 20.8 Å². The molecule has 8 heteroatoms. The van der Waals surface area contributed by atoms with Crippen LogP contribution in [0, 0.1) is 18.6 Å². The number of alkyl carbamates (subject to hydrolysis) is 1. The van der Waals surface area contributed by atoms with Crippen LogP contribution in [0.2, 0.25) is 0 Å². The molecule has 0 radical (unpaired) electrons. The number of nitrogens with one attached hydrogen (secondary N) is 1. The van der Waals surface area contributed by atoms with E-state index in [1.165, 1.54) is 13.0 Å². The molecule has 0 spiro atoms. The van der Waals surface area contributed by atoms with Crippen molar-refractivity contribution in [2.24, 2.45) is 0 Å². The molecule has 0 saturated carbocycles. The van der Waals surface area contributed by atoms with Crippen LogP contribution < -0.4 is 10.8 Å². The number of carbonyl (C=O) groups excluding carboxylic acids is 1. The van der Waals surface area contributed by atoms with Gasteiger partial charge in [-0.05, 0) is 72.6 Å². The minimum atomic E-state index is -1.14. The Labute approximate surface area is 159 Å². The second-order valence-electron chi connectivity index (χ2n) is 8.81. The molecule has 0 bridgehead atoms. The summed E-state index contributed by atoms with van der Waals surface area (Å²) < 4.78 is 46.3. The normalized spacial score (nSPS) is 18.5. The van der Waals surface area contributed by atoms with Crippen LogP contribution in [0.15, 0.2) is 6.07 Å². The van der Waals surface area contributed by atoms with Crippen molar-refractivity contribution in [3.8, 4) is 0 Å². The summed E-state index contributed by atoms with van der Waals surface area (Å²) in [4.78, 5) is 11.8. The predicted molar refractivity (Wildman–Crippen MR) is 99.9 cm³/mol. The Morgan fingerprint density at radius 3 is 2.19 bits per heavy atom. The number of ether oxygens (including phenoxy) is 1. The summed E-state index contributed by atoms with van der Waals surface area (Å²) in [6.07, 6.45) is -0.655. The lowest BCUT2D eigenvalue weighted by molar-refractivity contribution is 0.00578. The first kappa shape index (κ1) is 21.6. The highest BCUT2D eigenvalue weighted by molar-refractivity contribution is 6.62. The molecule has 1 fully saturated rings. The van der Waals surface area contributed by atoms with Crippen molar-refractivity contribution in [3.05, 3.63) is 28.8 Å². The van der Waals surface area contributed by atoms with Crippen molar-refractivity contribution in [3.63, 3.8) is 0 Å². The van der Waals surface area contributed by atoms with Crippen molar-refractivity contribution in [2.45, 2.75) is 78.7 Å². The summed E-state index contributed by atoms with van der Waals surface area (Å²) >= 11 is 0. The molecule has 27 heavy (non-hydrogen) atoms. The third kappa shape index (κ3) is 4.61. The van der Waals surface area contributed by atoms with Gasteiger partial charge in [-0.3, -0.25) is 0 Å². The molecule has 0 unspecified atom stereocenters. The molecule has 0 aromatic heterocycles. The lowest BCUT2D eigenvalue weighted by atomic mass is 9.76. The van der Waals surface area contributed by atoms with Gasteiger partial charge in [0, 0.05) is 6.54 Å². The van der Waals surface area contributed by atoms with Crippen molar-refractivity contribution < 1.29 is 27.6 Å².